The van der Waals surface area contributed by atoms with Gasteiger partial charge in [0, 0.05) is 13.8 Å². The third-order valence-corrected chi connectivity index (χ3v) is 6.78. The van der Waals surface area contributed by atoms with E-state index in [9.17, 15) is 50.1 Å². The van der Waals surface area contributed by atoms with E-state index in [0.29, 0.717) is 0 Å². The first-order valence-corrected chi connectivity index (χ1v) is 12.3. The van der Waals surface area contributed by atoms with Gasteiger partial charge >= 0.3 is 5.97 Å². The molecule has 17 nitrogen and oxygen atoms in total. The van der Waals surface area contributed by atoms with Crippen molar-refractivity contribution in [3.05, 3.63) is 0 Å². The molecule has 0 aromatic carbocycles. The van der Waals surface area contributed by atoms with Gasteiger partial charge < -0.3 is 70.1 Å². The summed E-state index contributed by atoms with van der Waals surface area (Å²) >= 11 is 0. The van der Waals surface area contributed by atoms with Crippen LogP contribution in [0.4, 0.5) is 0 Å². The summed E-state index contributed by atoms with van der Waals surface area (Å²) in [4.78, 5) is 36.0. The zero-order valence-electron chi connectivity index (χ0n) is 21.6. The number of amides is 2. The first-order chi connectivity index (χ1) is 18.1. The van der Waals surface area contributed by atoms with Crippen LogP contribution in [0, 0.1) is 0 Å². The van der Waals surface area contributed by atoms with Crippen LogP contribution >= 0.6 is 0 Å². The van der Waals surface area contributed by atoms with E-state index in [4.69, 9.17) is 23.7 Å². The molecule has 0 saturated carbocycles. The molecular formula is C22H36N2O15. The van der Waals surface area contributed by atoms with Crippen LogP contribution < -0.4 is 10.6 Å². The third kappa shape index (κ3) is 6.83. The van der Waals surface area contributed by atoms with Crippen LogP contribution in [0.2, 0.25) is 0 Å². The van der Waals surface area contributed by atoms with Crippen LogP contribution in [0.3, 0.4) is 0 Å². The number of aliphatic carboxylic acids is 1. The monoisotopic (exact) mass is 568 g/mol. The molecule has 0 aromatic rings. The lowest BCUT2D eigenvalue weighted by Crippen LogP contribution is -2.70. The molecule has 0 aliphatic carbocycles. The number of nitrogens with one attached hydrogen (secondary N) is 2. The predicted octanol–water partition coefficient (Wildman–Crippen LogP) is -5.14. The van der Waals surface area contributed by atoms with Gasteiger partial charge in [-0.15, -0.1) is 0 Å². The lowest BCUT2D eigenvalue weighted by atomic mass is 9.93. The maximum absolute atomic E-state index is 12.2. The summed E-state index contributed by atoms with van der Waals surface area (Å²) in [7, 11) is 0. The fraction of sp³-hybridized carbons (Fsp3) is 0.864. The number of carbonyl (C=O) groups is 3. The largest absolute Gasteiger partial charge is 0.479 e. The quantitative estimate of drug-likeness (QED) is 0.139. The number of hydrogen-bond acceptors (Lipinski definition) is 14. The Balaban J connectivity index is 1.91. The fourth-order valence-electron chi connectivity index (χ4n) is 4.78. The smallest absolute Gasteiger partial charge is 0.335 e. The molecule has 0 bridgehead atoms. The van der Waals surface area contributed by atoms with Crippen molar-refractivity contribution in [2.45, 2.75) is 120 Å². The Bertz CT molecular complexity index is 894. The minimum absolute atomic E-state index is 0.630. The topological polar surface area (TPSA) is 263 Å². The number of carbonyl (C=O) groups excluding carboxylic acids is 2. The number of ether oxygens (including phenoxy) is 5. The van der Waals surface area contributed by atoms with Gasteiger partial charge in [0.2, 0.25) is 11.8 Å². The summed E-state index contributed by atoms with van der Waals surface area (Å²) in [6.45, 7) is 4.99. The van der Waals surface area contributed by atoms with Crippen molar-refractivity contribution < 1.29 is 73.8 Å². The first kappa shape index (κ1) is 31.5. The van der Waals surface area contributed by atoms with Crippen LogP contribution in [-0.2, 0) is 38.1 Å². The Morgan fingerprint density at radius 3 is 1.77 bits per heavy atom. The normalized spacial score (nSPS) is 46.8. The van der Waals surface area contributed by atoms with Gasteiger partial charge in [0.25, 0.3) is 0 Å². The Morgan fingerprint density at radius 1 is 0.641 bits per heavy atom. The van der Waals surface area contributed by atoms with Crippen molar-refractivity contribution >= 4 is 17.8 Å². The van der Waals surface area contributed by atoms with Gasteiger partial charge in [-0.1, -0.05) is 0 Å². The van der Waals surface area contributed by atoms with Gasteiger partial charge in [0.05, 0.1) is 18.2 Å². The highest BCUT2D eigenvalue weighted by Crippen LogP contribution is 2.32. The van der Waals surface area contributed by atoms with Crippen molar-refractivity contribution in [1.29, 1.82) is 0 Å². The molecule has 3 heterocycles. The average Bonchev–Trinajstić information content (AvgIpc) is 2.84. The zero-order chi connectivity index (χ0) is 29.3. The van der Waals surface area contributed by atoms with Crippen LogP contribution in [0.5, 0.6) is 0 Å². The maximum Gasteiger partial charge on any atom is 0.335 e. The highest BCUT2D eigenvalue weighted by atomic mass is 16.7. The SMILES string of the molecule is CC(=O)N[C@@H]1[C@H](O[C@H]2[C@H](NC(C)=O)[C@@H](O)[C@H](O[C@H]3[C@@H](O)[C@H](O)[C@@H](O)O[C@H]3C)O[C@@H]2C(=O)O)O[C@@H](C)[C@H](O)[C@H]1O. The number of rotatable bonds is 7. The molecule has 3 aliphatic rings. The summed E-state index contributed by atoms with van der Waals surface area (Å²) < 4.78 is 27.5. The standard InChI is InChI=1S/C22H36N2O15/c1-5-11(27)12(28)10(24-8(4)26)21(36-5)38-17-9(23-7(3)25)13(29)22(39-18(17)19(32)33)37-16-6(2)35-20(34)15(31)14(16)30/h5-6,9-18,20-22,27-31,34H,1-4H3,(H,23,25)(H,24,26)(H,32,33)/t5-,6-,9+,10-,11-,12-,13+,14-,15-,16+,17-,18-,20-,21-,22+/m0/s1. The zero-order valence-corrected chi connectivity index (χ0v) is 21.6. The number of aliphatic hydroxyl groups excluding tert-OH is 6. The van der Waals surface area contributed by atoms with E-state index in [1.807, 2.05) is 0 Å². The molecule has 17 heteroatoms. The van der Waals surface area contributed by atoms with Gasteiger partial charge in [-0.2, -0.15) is 0 Å². The van der Waals surface area contributed by atoms with E-state index in [0.717, 1.165) is 13.8 Å². The van der Waals surface area contributed by atoms with E-state index in [1.165, 1.54) is 13.8 Å². The summed E-state index contributed by atoms with van der Waals surface area (Å²) in [5, 5.41) is 76.5. The van der Waals surface area contributed by atoms with E-state index in [-0.39, 0.29) is 0 Å². The fourth-order valence-corrected chi connectivity index (χ4v) is 4.78. The third-order valence-electron chi connectivity index (χ3n) is 6.78. The van der Waals surface area contributed by atoms with E-state index < -0.39 is 110 Å². The number of carboxylic acids is 1. The molecule has 2 amide bonds. The van der Waals surface area contributed by atoms with Gasteiger partial charge in [0.15, 0.2) is 25.0 Å². The molecule has 0 spiro atoms. The van der Waals surface area contributed by atoms with Crippen molar-refractivity contribution in [1.82, 2.24) is 10.6 Å². The van der Waals surface area contributed by atoms with Crippen molar-refractivity contribution in [2.75, 3.05) is 0 Å². The second-order valence-electron chi connectivity index (χ2n) is 9.81. The molecule has 9 N–H and O–H groups in total. The molecule has 3 fully saturated rings. The second kappa shape index (κ2) is 12.6. The minimum atomic E-state index is -1.96. The highest BCUT2D eigenvalue weighted by Gasteiger charge is 2.55. The molecule has 0 unspecified atom stereocenters. The van der Waals surface area contributed by atoms with E-state index >= 15 is 0 Å². The molecule has 3 aliphatic heterocycles. The van der Waals surface area contributed by atoms with E-state index in [1.54, 1.807) is 0 Å². The molecule has 39 heavy (non-hydrogen) atoms. The number of carboxylic acid groups (broad SMARTS) is 1. The van der Waals surface area contributed by atoms with Gasteiger partial charge in [-0.3, -0.25) is 9.59 Å². The summed E-state index contributed by atoms with van der Waals surface area (Å²) in [5.74, 6) is -2.97. The van der Waals surface area contributed by atoms with E-state index in [2.05, 4.69) is 10.6 Å². The van der Waals surface area contributed by atoms with Crippen LogP contribution in [0.25, 0.3) is 0 Å². The molecule has 0 radical (unpaired) electrons. The first-order valence-electron chi connectivity index (χ1n) is 12.3. The van der Waals surface area contributed by atoms with Crippen LogP contribution in [0.1, 0.15) is 27.7 Å². The lowest BCUT2D eigenvalue weighted by Gasteiger charge is -2.48. The molecule has 15 atom stereocenters. The molecule has 3 rings (SSSR count). The van der Waals surface area contributed by atoms with Crippen molar-refractivity contribution in [2.24, 2.45) is 0 Å². The maximum atomic E-state index is 12.2. The number of aliphatic hydroxyl groups is 6. The number of hydrogen-bond donors (Lipinski definition) is 9. The Labute approximate surface area is 222 Å². The Hall–Kier alpha value is -2.03. The van der Waals surface area contributed by atoms with Crippen molar-refractivity contribution in [3.8, 4) is 0 Å². The summed E-state index contributed by atoms with van der Waals surface area (Å²) in [6, 6.07) is -2.92. The predicted molar refractivity (Wildman–Crippen MR) is 122 cm³/mol. The van der Waals surface area contributed by atoms with Gasteiger partial charge in [-0.05, 0) is 13.8 Å². The average molecular weight is 569 g/mol. The molecule has 3 saturated heterocycles. The minimum Gasteiger partial charge on any atom is -0.479 e. The van der Waals surface area contributed by atoms with Gasteiger partial charge in [-0.25, -0.2) is 4.79 Å². The lowest BCUT2D eigenvalue weighted by molar-refractivity contribution is -0.352. The molecule has 0 aromatic heterocycles. The summed E-state index contributed by atoms with van der Waals surface area (Å²) in [5.41, 5.74) is 0. The van der Waals surface area contributed by atoms with Crippen LogP contribution in [-0.4, -0.2) is 146 Å². The van der Waals surface area contributed by atoms with Crippen LogP contribution in [0.15, 0.2) is 0 Å². The van der Waals surface area contributed by atoms with Gasteiger partial charge in [0.1, 0.15) is 48.8 Å². The Morgan fingerprint density at radius 2 is 1.21 bits per heavy atom. The Kier molecular flexibility index (Phi) is 10.2. The summed E-state index contributed by atoms with van der Waals surface area (Å²) in [6.07, 6.45) is -20.6. The second-order valence-corrected chi connectivity index (χ2v) is 9.81. The molecule has 224 valence electrons. The van der Waals surface area contributed by atoms with Crippen molar-refractivity contribution in [3.63, 3.8) is 0 Å². The molecular weight excluding hydrogens is 532 g/mol. The highest BCUT2D eigenvalue weighted by molar-refractivity contribution is 5.75.